The van der Waals surface area contributed by atoms with E-state index in [1.165, 1.54) is 16.4 Å². The van der Waals surface area contributed by atoms with Crippen LogP contribution in [0.3, 0.4) is 0 Å². The minimum atomic E-state index is -3.50. The highest BCUT2D eigenvalue weighted by Gasteiger charge is 2.36. The summed E-state index contributed by atoms with van der Waals surface area (Å²) in [5.41, 5.74) is 0.648. The van der Waals surface area contributed by atoms with E-state index in [9.17, 15) is 23.3 Å². The summed E-state index contributed by atoms with van der Waals surface area (Å²) in [4.78, 5) is 27.8. The number of sulfonamides is 1. The molecule has 1 fully saturated rings. The summed E-state index contributed by atoms with van der Waals surface area (Å²) < 4.78 is 32.5. The van der Waals surface area contributed by atoms with Gasteiger partial charge in [0.05, 0.1) is 28.0 Å². The standard InChI is InChI=1S/C16H20N4O6S2/c1-26-9-8-18-12-6-5-11(20(22)23)10-14(12)27-16(18)17-15(21)13-4-3-7-19(13)28(2,24)25/h5-6,10,13H,3-4,7-9H2,1-2H3. The van der Waals surface area contributed by atoms with Gasteiger partial charge in [-0.3, -0.25) is 14.9 Å². The molecule has 0 radical (unpaired) electrons. The van der Waals surface area contributed by atoms with Crippen molar-refractivity contribution in [2.24, 2.45) is 4.99 Å². The molecule has 0 N–H and O–H groups in total. The molecule has 152 valence electrons. The number of hydrogen-bond donors (Lipinski definition) is 0. The Hall–Kier alpha value is -2.15. The van der Waals surface area contributed by atoms with Crippen molar-refractivity contribution < 1.29 is 22.9 Å². The first-order valence-electron chi connectivity index (χ1n) is 8.54. The van der Waals surface area contributed by atoms with Gasteiger partial charge in [0.15, 0.2) is 4.80 Å². The van der Waals surface area contributed by atoms with Crippen LogP contribution in [0.15, 0.2) is 23.2 Å². The Labute approximate surface area is 165 Å². The smallest absolute Gasteiger partial charge is 0.270 e. The maximum absolute atomic E-state index is 12.7. The Balaban J connectivity index is 2.07. The predicted molar refractivity (Wildman–Crippen MR) is 103 cm³/mol. The highest BCUT2D eigenvalue weighted by molar-refractivity contribution is 7.88. The highest BCUT2D eigenvalue weighted by atomic mass is 32.2. The highest BCUT2D eigenvalue weighted by Crippen LogP contribution is 2.24. The zero-order valence-corrected chi connectivity index (χ0v) is 17.0. The van der Waals surface area contributed by atoms with Crippen molar-refractivity contribution in [2.45, 2.75) is 25.4 Å². The number of hydrogen-bond acceptors (Lipinski definition) is 7. The van der Waals surface area contributed by atoms with E-state index >= 15 is 0 Å². The molecule has 2 heterocycles. The third-order valence-electron chi connectivity index (χ3n) is 4.52. The van der Waals surface area contributed by atoms with Crippen LogP contribution in [0.25, 0.3) is 10.2 Å². The van der Waals surface area contributed by atoms with E-state index in [1.807, 2.05) is 0 Å². The van der Waals surface area contributed by atoms with Gasteiger partial charge < -0.3 is 9.30 Å². The summed E-state index contributed by atoms with van der Waals surface area (Å²) in [5.74, 6) is -0.532. The quantitative estimate of drug-likeness (QED) is 0.501. The molecule has 3 rings (SSSR count). The number of ether oxygens (including phenoxy) is 1. The van der Waals surface area contributed by atoms with Gasteiger partial charge in [-0.05, 0) is 18.9 Å². The molecule has 0 spiro atoms. The average Bonchev–Trinajstić information content (AvgIpc) is 3.24. The van der Waals surface area contributed by atoms with E-state index in [1.54, 1.807) is 17.7 Å². The number of carbonyl (C=O) groups is 1. The van der Waals surface area contributed by atoms with Gasteiger partial charge in [-0.25, -0.2) is 8.42 Å². The fourth-order valence-electron chi connectivity index (χ4n) is 3.21. The first-order valence-corrected chi connectivity index (χ1v) is 11.2. The van der Waals surface area contributed by atoms with E-state index in [2.05, 4.69) is 4.99 Å². The molecular weight excluding hydrogens is 408 g/mol. The molecule has 1 amide bonds. The van der Waals surface area contributed by atoms with E-state index < -0.39 is 26.9 Å². The summed E-state index contributed by atoms with van der Waals surface area (Å²) in [6.07, 6.45) is 2.10. The molecular formula is C16H20N4O6S2. The van der Waals surface area contributed by atoms with Gasteiger partial charge in [0, 0.05) is 32.3 Å². The normalized spacial score (nSPS) is 18.8. The molecule has 1 atom stereocenters. The van der Waals surface area contributed by atoms with Gasteiger partial charge in [-0.2, -0.15) is 9.30 Å². The first kappa shape index (κ1) is 20.6. The summed E-state index contributed by atoms with van der Waals surface area (Å²) in [6, 6.07) is 3.63. The fourth-order valence-corrected chi connectivity index (χ4v) is 5.43. The third kappa shape index (κ3) is 4.14. The molecule has 1 unspecified atom stereocenters. The van der Waals surface area contributed by atoms with Crippen molar-refractivity contribution in [1.29, 1.82) is 0 Å². The van der Waals surface area contributed by atoms with Crippen molar-refractivity contribution >= 4 is 43.2 Å². The maximum atomic E-state index is 12.7. The molecule has 1 aliphatic heterocycles. The number of nitrogens with zero attached hydrogens (tertiary/aromatic N) is 4. The Morgan fingerprint density at radius 1 is 1.46 bits per heavy atom. The summed E-state index contributed by atoms with van der Waals surface area (Å²) in [5, 5.41) is 11.0. The van der Waals surface area contributed by atoms with E-state index in [4.69, 9.17) is 4.74 Å². The van der Waals surface area contributed by atoms with Crippen LogP contribution in [0, 0.1) is 10.1 Å². The molecule has 28 heavy (non-hydrogen) atoms. The van der Waals surface area contributed by atoms with Crippen molar-refractivity contribution in [3.8, 4) is 0 Å². The number of amides is 1. The second kappa shape index (κ2) is 8.07. The Bertz CT molecular complexity index is 1090. The molecule has 10 nitrogen and oxygen atoms in total. The molecule has 0 aliphatic carbocycles. The summed E-state index contributed by atoms with van der Waals surface area (Å²) in [7, 11) is -1.95. The molecule has 1 aromatic carbocycles. The molecule has 1 aliphatic rings. The van der Waals surface area contributed by atoms with Crippen LogP contribution in [0.5, 0.6) is 0 Å². The second-order valence-electron chi connectivity index (χ2n) is 6.42. The van der Waals surface area contributed by atoms with Gasteiger partial charge in [0.1, 0.15) is 6.04 Å². The summed E-state index contributed by atoms with van der Waals surface area (Å²) in [6.45, 7) is 1.07. The number of aromatic nitrogens is 1. The largest absolute Gasteiger partial charge is 0.383 e. The topological polar surface area (TPSA) is 124 Å². The van der Waals surface area contributed by atoms with Crippen molar-refractivity contribution in [3.63, 3.8) is 0 Å². The van der Waals surface area contributed by atoms with E-state index in [0.29, 0.717) is 47.6 Å². The minimum absolute atomic E-state index is 0.0513. The van der Waals surface area contributed by atoms with Crippen LogP contribution >= 0.6 is 11.3 Å². The number of nitro groups is 1. The number of fused-ring (bicyclic) bond motifs is 1. The van der Waals surface area contributed by atoms with Gasteiger partial charge >= 0.3 is 0 Å². The van der Waals surface area contributed by atoms with Crippen molar-refractivity contribution in [3.05, 3.63) is 33.1 Å². The van der Waals surface area contributed by atoms with Crippen LogP contribution < -0.4 is 4.80 Å². The Morgan fingerprint density at radius 3 is 2.86 bits per heavy atom. The molecule has 1 saturated heterocycles. The lowest BCUT2D eigenvalue weighted by molar-refractivity contribution is -0.384. The zero-order valence-electron chi connectivity index (χ0n) is 15.4. The van der Waals surface area contributed by atoms with Crippen LogP contribution in [0.2, 0.25) is 0 Å². The van der Waals surface area contributed by atoms with E-state index in [-0.39, 0.29) is 5.69 Å². The van der Waals surface area contributed by atoms with Crippen LogP contribution in [0.1, 0.15) is 12.8 Å². The van der Waals surface area contributed by atoms with Crippen LogP contribution in [0.4, 0.5) is 5.69 Å². The molecule has 0 saturated carbocycles. The number of nitro benzene ring substituents is 1. The number of methoxy groups -OCH3 is 1. The predicted octanol–water partition coefficient (Wildman–Crippen LogP) is 1.11. The summed E-state index contributed by atoms with van der Waals surface area (Å²) >= 11 is 1.15. The number of carbonyl (C=O) groups excluding carboxylic acids is 1. The van der Waals surface area contributed by atoms with Gasteiger partial charge in [-0.15, -0.1) is 0 Å². The van der Waals surface area contributed by atoms with Crippen molar-refractivity contribution in [2.75, 3.05) is 26.5 Å². The lowest BCUT2D eigenvalue weighted by atomic mass is 10.2. The van der Waals surface area contributed by atoms with Gasteiger partial charge in [-0.1, -0.05) is 11.3 Å². The van der Waals surface area contributed by atoms with Crippen LogP contribution in [-0.4, -0.2) is 60.7 Å². The van der Waals surface area contributed by atoms with Crippen molar-refractivity contribution in [1.82, 2.24) is 8.87 Å². The third-order valence-corrected chi connectivity index (χ3v) is 6.85. The minimum Gasteiger partial charge on any atom is -0.383 e. The lowest BCUT2D eigenvalue weighted by Gasteiger charge is -2.18. The van der Waals surface area contributed by atoms with E-state index in [0.717, 1.165) is 17.6 Å². The molecule has 2 aromatic rings. The number of non-ortho nitro benzene ring substituents is 1. The van der Waals surface area contributed by atoms with Gasteiger partial charge in [0.25, 0.3) is 11.6 Å². The lowest BCUT2D eigenvalue weighted by Crippen LogP contribution is -2.40. The second-order valence-corrected chi connectivity index (χ2v) is 9.36. The SMILES string of the molecule is COCCn1c(=NC(=O)C2CCCN2S(C)(=O)=O)sc2cc([N+](=O)[O-])ccc21. The average molecular weight is 428 g/mol. The first-order chi connectivity index (χ1) is 13.2. The number of rotatable bonds is 6. The Kier molecular flexibility index (Phi) is 5.93. The molecule has 12 heteroatoms. The number of benzene rings is 1. The fraction of sp³-hybridized carbons (Fsp3) is 0.500. The Morgan fingerprint density at radius 2 is 2.21 bits per heavy atom. The molecule has 0 bridgehead atoms. The monoisotopic (exact) mass is 428 g/mol. The maximum Gasteiger partial charge on any atom is 0.270 e. The van der Waals surface area contributed by atoms with Crippen LogP contribution in [-0.2, 0) is 26.1 Å². The zero-order chi connectivity index (χ0) is 20.5. The molecule has 1 aromatic heterocycles. The van der Waals surface area contributed by atoms with Gasteiger partial charge in [0.2, 0.25) is 10.0 Å². The number of thiazole rings is 1.